The molecular weight excluding hydrogens is 336 g/mol. The molecule has 0 rings (SSSR count). The molecule has 0 spiro atoms. The van der Waals surface area contributed by atoms with Gasteiger partial charge in [0.05, 0.1) is 0 Å². The van der Waals surface area contributed by atoms with Gasteiger partial charge in [0.2, 0.25) is 0 Å². The van der Waals surface area contributed by atoms with Crippen LogP contribution >= 0.6 is 0 Å². The third kappa shape index (κ3) is 154. The van der Waals surface area contributed by atoms with Crippen molar-refractivity contribution in [2.45, 2.75) is 67.6 Å². The topological polar surface area (TPSA) is 126 Å². The molecule has 0 aromatic carbocycles. The van der Waals surface area contributed by atoms with Crippen LogP contribution in [0.15, 0.2) is 23.7 Å². The van der Waals surface area contributed by atoms with E-state index in [4.69, 9.17) is 0 Å². The fraction of sp³-hybridized carbons (Fsp3) is 0.625. The van der Waals surface area contributed by atoms with Crippen molar-refractivity contribution in [1.29, 1.82) is 0 Å². The second-order valence-electron chi connectivity index (χ2n) is 4.83. The maximum absolute atomic E-state index is 9.98. The second kappa shape index (κ2) is 23.3. The first kappa shape index (κ1) is 33.6. The third-order valence-corrected chi connectivity index (χ3v) is 0.813. The van der Waals surface area contributed by atoms with Gasteiger partial charge in [-0.2, -0.15) is 0 Å². The Morgan fingerprint density at radius 3 is 0.826 bits per heavy atom. The minimum atomic E-state index is -0.417. The standard InChI is InChI=1S/2C5H8O2.2C3H7O.Ti/c2*1-4(6)3-5(2)7;2*1-3(2)4;/h2*3,6H,1-2H3;2*3H,1-2H3;/q;;2*-1;+4/p-2/b2*4-3-;;;. The minimum Gasteiger partial charge on any atom is -0.876 e. The molecule has 0 N–H and O–H groups in total. The van der Waals surface area contributed by atoms with Crippen LogP contribution in [0.25, 0.3) is 0 Å². The summed E-state index contributed by atoms with van der Waals surface area (Å²) < 4.78 is 0. The van der Waals surface area contributed by atoms with E-state index in [1.165, 1.54) is 27.7 Å². The Hall–Kier alpha value is -0.946. The zero-order chi connectivity index (χ0) is 18.9. The number of hydrogen-bond acceptors (Lipinski definition) is 6. The van der Waals surface area contributed by atoms with Crippen LogP contribution in [-0.4, -0.2) is 23.8 Å². The summed E-state index contributed by atoms with van der Waals surface area (Å²) in [6, 6.07) is 0. The molecule has 0 aliphatic rings. The fourth-order valence-electron chi connectivity index (χ4n) is 0.572. The van der Waals surface area contributed by atoms with Crippen LogP contribution in [0.5, 0.6) is 0 Å². The summed E-state index contributed by atoms with van der Waals surface area (Å²) in [5.74, 6) is -0.750. The van der Waals surface area contributed by atoms with Crippen molar-refractivity contribution in [3.05, 3.63) is 23.7 Å². The van der Waals surface area contributed by atoms with Crippen molar-refractivity contribution in [2.24, 2.45) is 0 Å². The molecule has 0 radical (unpaired) electrons. The van der Waals surface area contributed by atoms with E-state index in [2.05, 4.69) is 0 Å². The Labute approximate surface area is 154 Å². The average Bonchev–Trinajstić information content (AvgIpc) is 2.10. The predicted octanol–water partition coefficient (Wildman–Crippen LogP) is -0.813. The van der Waals surface area contributed by atoms with Crippen molar-refractivity contribution in [2.75, 3.05) is 0 Å². The molecule has 6 nitrogen and oxygen atoms in total. The molecule has 132 valence electrons. The summed E-state index contributed by atoms with van der Waals surface area (Å²) in [4.78, 5) is 20.0. The first-order chi connectivity index (χ1) is 9.72. The van der Waals surface area contributed by atoms with Crippen molar-refractivity contribution in [3.8, 4) is 0 Å². The number of rotatable bonds is 2. The number of carbonyl (C=O) groups excluding carboxylic acids is 2. The van der Waals surface area contributed by atoms with Gasteiger partial charge in [-0.25, -0.2) is 0 Å². The van der Waals surface area contributed by atoms with E-state index in [1.807, 2.05) is 0 Å². The summed E-state index contributed by atoms with van der Waals surface area (Å²) in [5, 5.41) is 39.0. The summed E-state index contributed by atoms with van der Waals surface area (Å²) in [5.41, 5.74) is 0. The zero-order valence-corrected chi connectivity index (χ0v) is 16.8. The molecule has 0 aromatic rings. The van der Waals surface area contributed by atoms with Crippen molar-refractivity contribution in [1.82, 2.24) is 0 Å². The van der Waals surface area contributed by atoms with Gasteiger partial charge in [-0.05, 0) is 26.0 Å². The van der Waals surface area contributed by atoms with E-state index in [0.717, 1.165) is 12.2 Å². The quantitative estimate of drug-likeness (QED) is 0.358. The SMILES string of the molecule is CC(=O)/C=C(/C)[O-].CC(=O)/C=C(/C)[O-].CC(C)[O-].CC(C)[O-].[Ti+4]. The molecule has 0 aliphatic heterocycles. The van der Waals surface area contributed by atoms with Crippen LogP contribution < -0.4 is 20.4 Å². The number of ketones is 2. The normalized spacial score (nSPS) is 10.1. The molecule has 0 bridgehead atoms. The zero-order valence-electron chi connectivity index (χ0n) is 15.3. The average molecular weight is 364 g/mol. The van der Waals surface area contributed by atoms with E-state index in [-0.39, 0.29) is 44.8 Å². The monoisotopic (exact) mass is 364 g/mol. The van der Waals surface area contributed by atoms with Crippen molar-refractivity contribution in [3.63, 3.8) is 0 Å². The van der Waals surface area contributed by atoms with Gasteiger partial charge in [0.15, 0.2) is 11.6 Å². The molecule has 23 heavy (non-hydrogen) atoms. The summed E-state index contributed by atoms with van der Waals surface area (Å²) in [7, 11) is 0. The van der Waals surface area contributed by atoms with Crippen LogP contribution in [0, 0.1) is 0 Å². The molecular formula is C16H28O6Ti. The molecule has 0 heterocycles. The van der Waals surface area contributed by atoms with E-state index < -0.39 is 12.2 Å². The van der Waals surface area contributed by atoms with E-state index in [0.29, 0.717) is 0 Å². The van der Waals surface area contributed by atoms with E-state index in [9.17, 15) is 30.0 Å². The molecule has 0 aliphatic carbocycles. The van der Waals surface area contributed by atoms with E-state index in [1.54, 1.807) is 27.7 Å². The smallest absolute Gasteiger partial charge is 0.876 e. The van der Waals surface area contributed by atoms with Crippen molar-refractivity contribution < 1.29 is 51.7 Å². The largest absolute Gasteiger partial charge is 4.00 e. The van der Waals surface area contributed by atoms with Gasteiger partial charge in [-0.1, -0.05) is 41.5 Å². The van der Waals surface area contributed by atoms with Crippen molar-refractivity contribution >= 4 is 11.6 Å². The molecule has 0 atom stereocenters. The Bertz CT molecular complexity index is 299. The predicted molar refractivity (Wildman–Crippen MR) is 79.1 cm³/mol. The van der Waals surface area contributed by atoms with Gasteiger partial charge in [-0.3, -0.25) is 9.59 Å². The molecule has 0 saturated heterocycles. The molecule has 0 aromatic heterocycles. The maximum Gasteiger partial charge on any atom is 4.00 e. The molecule has 0 saturated carbocycles. The second-order valence-corrected chi connectivity index (χ2v) is 4.83. The van der Waals surface area contributed by atoms with Crippen LogP contribution in [0.1, 0.15) is 55.4 Å². The summed E-state index contributed by atoms with van der Waals surface area (Å²) >= 11 is 0. The molecule has 0 unspecified atom stereocenters. The summed E-state index contributed by atoms with van der Waals surface area (Å²) in [6.07, 6.45) is 1.28. The van der Waals surface area contributed by atoms with Crippen LogP contribution in [0.4, 0.5) is 0 Å². The summed E-state index contributed by atoms with van der Waals surface area (Å²) in [6.45, 7) is 11.8. The molecule has 0 fully saturated rings. The molecule has 0 amide bonds. The Morgan fingerprint density at radius 2 is 0.826 bits per heavy atom. The minimum absolute atomic E-state index is 0. The maximum atomic E-state index is 9.98. The Balaban J connectivity index is -0.0000000639. The van der Waals surface area contributed by atoms with Gasteiger partial charge >= 0.3 is 21.7 Å². The van der Waals surface area contributed by atoms with Gasteiger partial charge in [0.1, 0.15) is 0 Å². The number of carbonyl (C=O) groups is 2. The number of allylic oxidation sites excluding steroid dienone is 4. The Kier molecular flexibility index (Phi) is 34.1. The van der Waals surface area contributed by atoms with Gasteiger partial charge < -0.3 is 20.4 Å². The van der Waals surface area contributed by atoms with Gasteiger partial charge in [-0.15, -0.1) is 23.7 Å². The van der Waals surface area contributed by atoms with Gasteiger partial charge in [0, 0.05) is 0 Å². The van der Waals surface area contributed by atoms with E-state index >= 15 is 0 Å². The van der Waals surface area contributed by atoms with Crippen LogP contribution in [-0.2, 0) is 31.3 Å². The third-order valence-electron chi connectivity index (χ3n) is 0.813. The first-order valence-electron chi connectivity index (χ1n) is 6.75. The van der Waals surface area contributed by atoms with Crippen LogP contribution in [0.3, 0.4) is 0 Å². The van der Waals surface area contributed by atoms with Crippen LogP contribution in [0.2, 0.25) is 0 Å². The Morgan fingerprint density at radius 1 is 0.696 bits per heavy atom. The first-order valence-corrected chi connectivity index (χ1v) is 6.75. The van der Waals surface area contributed by atoms with Gasteiger partial charge in [0.25, 0.3) is 0 Å². The fourth-order valence-corrected chi connectivity index (χ4v) is 0.572. The number of hydrogen-bond donors (Lipinski definition) is 0. The molecule has 7 heteroatoms.